The van der Waals surface area contributed by atoms with Crippen LogP contribution in [0.5, 0.6) is 0 Å². The smallest absolute Gasteiger partial charge is 0.307 e. The first-order valence-corrected chi connectivity index (χ1v) is 7.14. The second-order valence-corrected chi connectivity index (χ2v) is 6.20. The molecule has 0 radical (unpaired) electrons. The molecule has 3 N–H and O–H groups in total. The van der Waals surface area contributed by atoms with Gasteiger partial charge in [0.15, 0.2) is 0 Å². The zero-order valence-corrected chi connectivity index (χ0v) is 12.3. The summed E-state index contributed by atoms with van der Waals surface area (Å²) < 4.78 is 0. The van der Waals surface area contributed by atoms with Crippen molar-refractivity contribution in [1.82, 2.24) is 5.32 Å². The lowest BCUT2D eigenvalue weighted by Gasteiger charge is -2.28. The van der Waals surface area contributed by atoms with Gasteiger partial charge in [-0.2, -0.15) is 0 Å². The average molecular weight is 283 g/mol. The number of hydrogen-bond donors (Lipinski definition) is 3. The summed E-state index contributed by atoms with van der Waals surface area (Å²) >= 11 is 0. The van der Waals surface area contributed by atoms with Crippen molar-refractivity contribution in [2.24, 2.45) is 17.3 Å². The average Bonchev–Trinajstić information content (AvgIpc) is 2.42. The van der Waals surface area contributed by atoms with E-state index in [9.17, 15) is 9.59 Å². The molecule has 0 aliphatic heterocycles. The Balaban J connectivity index is 2.53. The molecule has 0 aromatic rings. The fraction of sp³-hybridized carbons (Fsp3) is 0.733. The van der Waals surface area contributed by atoms with Crippen LogP contribution < -0.4 is 5.32 Å². The first-order chi connectivity index (χ1) is 9.37. The second-order valence-electron chi connectivity index (χ2n) is 6.20. The van der Waals surface area contributed by atoms with E-state index in [2.05, 4.69) is 5.32 Å². The molecule has 5 heteroatoms. The van der Waals surface area contributed by atoms with Gasteiger partial charge >= 0.3 is 5.97 Å². The molecular weight excluding hydrogens is 258 g/mol. The van der Waals surface area contributed by atoms with Crippen molar-refractivity contribution in [3.8, 4) is 0 Å². The predicted molar refractivity (Wildman–Crippen MR) is 76.1 cm³/mol. The summed E-state index contributed by atoms with van der Waals surface area (Å²) in [4.78, 5) is 23.3. The Morgan fingerprint density at radius 2 is 1.85 bits per heavy atom. The lowest BCUT2D eigenvalue weighted by Crippen LogP contribution is -2.42. The van der Waals surface area contributed by atoms with Crippen molar-refractivity contribution in [2.45, 2.75) is 39.5 Å². The van der Waals surface area contributed by atoms with Crippen molar-refractivity contribution >= 4 is 11.9 Å². The van der Waals surface area contributed by atoms with Gasteiger partial charge in [-0.05, 0) is 31.1 Å². The van der Waals surface area contributed by atoms with Gasteiger partial charge in [-0.25, -0.2) is 0 Å². The normalized spacial score (nSPS) is 22.6. The van der Waals surface area contributed by atoms with Gasteiger partial charge in [0.05, 0.1) is 11.8 Å². The maximum Gasteiger partial charge on any atom is 0.307 e. The third-order valence-corrected chi connectivity index (χ3v) is 3.84. The third kappa shape index (κ3) is 4.96. The number of nitrogens with one attached hydrogen (secondary N) is 1. The van der Waals surface area contributed by atoms with Crippen LogP contribution in [0.3, 0.4) is 0 Å². The summed E-state index contributed by atoms with van der Waals surface area (Å²) in [6.07, 6.45) is 6.12. The van der Waals surface area contributed by atoms with Crippen LogP contribution in [-0.2, 0) is 9.59 Å². The Bertz CT molecular complexity index is 376. The number of carbonyl (C=O) groups is 2. The molecule has 0 aromatic carbocycles. The lowest BCUT2D eigenvalue weighted by molar-refractivity contribution is -0.147. The number of carboxylic acid groups (broad SMARTS) is 1. The molecule has 0 unspecified atom stereocenters. The van der Waals surface area contributed by atoms with E-state index in [0.29, 0.717) is 25.8 Å². The van der Waals surface area contributed by atoms with Gasteiger partial charge in [0.2, 0.25) is 5.91 Å². The van der Waals surface area contributed by atoms with Gasteiger partial charge in [-0.3, -0.25) is 9.59 Å². The highest BCUT2D eigenvalue weighted by molar-refractivity contribution is 5.85. The fourth-order valence-electron chi connectivity index (χ4n) is 2.48. The predicted octanol–water partition coefficient (Wildman–Crippen LogP) is 1.57. The topological polar surface area (TPSA) is 86.6 Å². The molecule has 0 saturated carbocycles. The zero-order valence-electron chi connectivity index (χ0n) is 12.3. The number of carbonyl (C=O) groups excluding carboxylic acids is 1. The largest absolute Gasteiger partial charge is 0.481 e. The van der Waals surface area contributed by atoms with Crippen LogP contribution >= 0.6 is 0 Å². The SMILES string of the molecule is CC(C)(CCCO)CNC(=O)[C@@H]1CC=CC[C@@H]1C(=O)O. The molecule has 5 nitrogen and oxygen atoms in total. The first-order valence-electron chi connectivity index (χ1n) is 7.14. The van der Waals surface area contributed by atoms with Crippen molar-refractivity contribution in [2.75, 3.05) is 13.2 Å². The molecule has 0 bridgehead atoms. The Kier molecular flexibility index (Phi) is 6.20. The van der Waals surface area contributed by atoms with E-state index in [1.54, 1.807) is 0 Å². The summed E-state index contributed by atoms with van der Waals surface area (Å²) in [6.45, 7) is 4.70. The molecule has 0 spiro atoms. The van der Waals surface area contributed by atoms with Crippen molar-refractivity contribution in [3.05, 3.63) is 12.2 Å². The van der Waals surface area contributed by atoms with Gasteiger partial charge in [-0.15, -0.1) is 0 Å². The van der Waals surface area contributed by atoms with Gasteiger partial charge < -0.3 is 15.5 Å². The van der Waals surface area contributed by atoms with Crippen molar-refractivity contribution in [3.63, 3.8) is 0 Å². The fourth-order valence-corrected chi connectivity index (χ4v) is 2.48. The zero-order chi connectivity index (χ0) is 15.2. The number of allylic oxidation sites excluding steroid dienone is 2. The molecule has 20 heavy (non-hydrogen) atoms. The first kappa shape index (κ1) is 16.7. The van der Waals surface area contributed by atoms with Gasteiger partial charge in [0.1, 0.15) is 0 Å². The van der Waals surface area contributed by atoms with Crippen LogP contribution in [0.25, 0.3) is 0 Å². The summed E-state index contributed by atoms with van der Waals surface area (Å²) in [6, 6.07) is 0. The van der Waals surface area contributed by atoms with E-state index < -0.39 is 17.8 Å². The molecule has 1 aliphatic rings. The highest BCUT2D eigenvalue weighted by Crippen LogP contribution is 2.27. The van der Waals surface area contributed by atoms with Gasteiger partial charge in [-0.1, -0.05) is 26.0 Å². The molecule has 0 saturated heterocycles. The van der Waals surface area contributed by atoms with Crippen molar-refractivity contribution < 1.29 is 19.8 Å². The number of aliphatic hydroxyl groups excluding tert-OH is 1. The highest BCUT2D eigenvalue weighted by Gasteiger charge is 2.34. The van der Waals surface area contributed by atoms with E-state index in [1.807, 2.05) is 26.0 Å². The quantitative estimate of drug-likeness (QED) is 0.619. The molecule has 1 rings (SSSR count). The highest BCUT2D eigenvalue weighted by atomic mass is 16.4. The summed E-state index contributed by atoms with van der Waals surface area (Å²) in [5, 5.41) is 20.9. The number of carboxylic acids is 1. The maximum absolute atomic E-state index is 12.2. The molecule has 1 aliphatic carbocycles. The minimum absolute atomic E-state index is 0.0956. The Morgan fingerprint density at radius 3 is 2.40 bits per heavy atom. The second kappa shape index (κ2) is 7.43. The minimum atomic E-state index is -0.908. The standard InChI is InChI=1S/C15H25NO4/c1-15(2,8-5-9-17)10-16-13(18)11-6-3-4-7-12(11)14(19)20/h3-4,11-12,17H,5-10H2,1-2H3,(H,16,18)(H,19,20)/t11-,12+/m1/s1. The summed E-state index contributed by atoms with van der Waals surface area (Å²) in [5.74, 6) is -2.19. The molecule has 0 heterocycles. The number of amides is 1. The van der Waals surface area contributed by atoms with Gasteiger partial charge in [0.25, 0.3) is 0 Å². The maximum atomic E-state index is 12.2. The molecule has 0 aromatic heterocycles. The minimum Gasteiger partial charge on any atom is -0.481 e. The molecule has 2 atom stereocenters. The third-order valence-electron chi connectivity index (χ3n) is 3.84. The van der Waals surface area contributed by atoms with E-state index >= 15 is 0 Å². The lowest BCUT2D eigenvalue weighted by atomic mass is 9.82. The van der Waals surface area contributed by atoms with E-state index in [4.69, 9.17) is 10.2 Å². The van der Waals surface area contributed by atoms with Crippen molar-refractivity contribution in [1.29, 1.82) is 0 Å². The van der Waals surface area contributed by atoms with Crippen LogP contribution in [0.1, 0.15) is 39.5 Å². The summed E-state index contributed by atoms with van der Waals surface area (Å²) in [7, 11) is 0. The van der Waals surface area contributed by atoms with Crippen LogP contribution in [0.2, 0.25) is 0 Å². The molecular formula is C15H25NO4. The molecule has 114 valence electrons. The van der Waals surface area contributed by atoms with Crippen LogP contribution in [0.4, 0.5) is 0 Å². The Hall–Kier alpha value is -1.36. The summed E-state index contributed by atoms with van der Waals surface area (Å²) in [5.41, 5.74) is -0.0956. The van der Waals surface area contributed by atoms with Crippen LogP contribution in [0, 0.1) is 17.3 Å². The van der Waals surface area contributed by atoms with E-state index in [-0.39, 0.29) is 17.9 Å². The van der Waals surface area contributed by atoms with E-state index in [0.717, 1.165) is 6.42 Å². The number of hydrogen-bond acceptors (Lipinski definition) is 3. The van der Waals surface area contributed by atoms with Crippen LogP contribution in [-0.4, -0.2) is 35.2 Å². The molecule has 1 amide bonds. The Morgan fingerprint density at radius 1 is 1.25 bits per heavy atom. The monoisotopic (exact) mass is 283 g/mol. The number of rotatable bonds is 7. The van der Waals surface area contributed by atoms with E-state index in [1.165, 1.54) is 0 Å². The van der Waals surface area contributed by atoms with Crippen LogP contribution in [0.15, 0.2) is 12.2 Å². The Labute approximate surface area is 120 Å². The number of aliphatic hydroxyl groups is 1. The molecule has 0 fully saturated rings. The van der Waals surface area contributed by atoms with Gasteiger partial charge in [0, 0.05) is 13.2 Å². The number of aliphatic carboxylic acids is 1.